The number of hydrogen-bond donors (Lipinski definition) is 1. The molecule has 0 radical (unpaired) electrons. The lowest BCUT2D eigenvalue weighted by atomic mass is 9.85. The third-order valence-electron chi connectivity index (χ3n) is 5.52. The van der Waals surface area contributed by atoms with E-state index in [2.05, 4.69) is 6.92 Å². The summed E-state index contributed by atoms with van der Waals surface area (Å²) in [5, 5.41) is 9.52. The molecule has 1 N–H and O–H groups in total. The van der Waals surface area contributed by atoms with E-state index in [1.165, 1.54) is 6.42 Å². The fraction of sp³-hybridized carbons (Fsp3) is 0.875. The molecule has 1 saturated carbocycles. The van der Waals surface area contributed by atoms with Crippen molar-refractivity contribution in [2.45, 2.75) is 64.0 Å². The normalized spacial score (nSPS) is 36.4. The van der Waals surface area contributed by atoms with Gasteiger partial charge in [0.15, 0.2) is 0 Å². The van der Waals surface area contributed by atoms with Crippen molar-refractivity contribution in [3.8, 4) is 0 Å². The summed E-state index contributed by atoms with van der Waals surface area (Å²) in [7, 11) is 0. The predicted octanol–water partition coefficient (Wildman–Crippen LogP) is 2.56. The minimum absolute atomic E-state index is 0.0247. The second-order valence-electron chi connectivity index (χ2n) is 7.08. The maximum atomic E-state index is 12.9. The SMILES string of the molecule is CC1CCCN(C(=O)N2C(C(=O)O)CC3CCCCC32)C1. The molecule has 5 heteroatoms. The van der Waals surface area contributed by atoms with E-state index >= 15 is 0 Å². The first-order valence-electron chi connectivity index (χ1n) is 8.38. The molecule has 2 heterocycles. The minimum atomic E-state index is -0.831. The molecule has 2 saturated heterocycles. The number of rotatable bonds is 1. The number of carbonyl (C=O) groups excluding carboxylic acids is 1. The van der Waals surface area contributed by atoms with Crippen molar-refractivity contribution >= 4 is 12.0 Å². The van der Waals surface area contributed by atoms with Crippen molar-refractivity contribution < 1.29 is 14.7 Å². The molecule has 3 rings (SSSR count). The highest BCUT2D eigenvalue weighted by Crippen LogP contribution is 2.40. The van der Waals surface area contributed by atoms with E-state index < -0.39 is 12.0 Å². The van der Waals surface area contributed by atoms with Crippen molar-refractivity contribution in [2.75, 3.05) is 13.1 Å². The van der Waals surface area contributed by atoms with Crippen LogP contribution in [0.2, 0.25) is 0 Å². The molecule has 2 amide bonds. The summed E-state index contributed by atoms with van der Waals surface area (Å²) in [6.07, 6.45) is 7.20. The molecule has 5 nitrogen and oxygen atoms in total. The number of amides is 2. The summed E-state index contributed by atoms with van der Waals surface area (Å²) < 4.78 is 0. The van der Waals surface area contributed by atoms with Gasteiger partial charge in [-0.3, -0.25) is 0 Å². The van der Waals surface area contributed by atoms with Gasteiger partial charge in [0.25, 0.3) is 0 Å². The topological polar surface area (TPSA) is 60.9 Å². The molecule has 0 bridgehead atoms. The Labute approximate surface area is 126 Å². The van der Waals surface area contributed by atoms with Crippen LogP contribution < -0.4 is 0 Å². The van der Waals surface area contributed by atoms with Gasteiger partial charge in [0.05, 0.1) is 0 Å². The number of hydrogen-bond acceptors (Lipinski definition) is 2. The van der Waals surface area contributed by atoms with Crippen molar-refractivity contribution in [3.63, 3.8) is 0 Å². The molecular formula is C16H26N2O3. The van der Waals surface area contributed by atoms with E-state index in [0.29, 0.717) is 18.3 Å². The van der Waals surface area contributed by atoms with Crippen LogP contribution in [0, 0.1) is 11.8 Å². The zero-order valence-electron chi connectivity index (χ0n) is 12.8. The van der Waals surface area contributed by atoms with Crippen molar-refractivity contribution in [1.29, 1.82) is 0 Å². The first kappa shape index (κ1) is 14.7. The number of carbonyl (C=O) groups is 2. The molecule has 0 aromatic rings. The second kappa shape index (κ2) is 5.85. The van der Waals surface area contributed by atoms with Gasteiger partial charge < -0.3 is 14.9 Å². The molecule has 0 spiro atoms. The van der Waals surface area contributed by atoms with E-state index in [1.807, 2.05) is 4.90 Å². The first-order valence-corrected chi connectivity index (χ1v) is 8.38. The average molecular weight is 294 g/mol. The highest BCUT2D eigenvalue weighted by molar-refractivity contribution is 5.84. The van der Waals surface area contributed by atoms with E-state index in [9.17, 15) is 14.7 Å². The molecular weight excluding hydrogens is 268 g/mol. The molecule has 3 fully saturated rings. The van der Waals surface area contributed by atoms with Crippen LogP contribution >= 0.6 is 0 Å². The summed E-state index contributed by atoms with van der Waals surface area (Å²) in [6, 6.07) is -0.476. The molecule has 1 aliphatic carbocycles. The smallest absolute Gasteiger partial charge is 0.326 e. The number of aliphatic carboxylic acids is 1. The van der Waals surface area contributed by atoms with Gasteiger partial charge in [0.1, 0.15) is 6.04 Å². The van der Waals surface area contributed by atoms with E-state index in [-0.39, 0.29) is 12.1 Å². The Balaban J connectivity index is 1.79. The Morgan fingerprint density at radius 1 is 1.10 bits per heavy atom. The summed E-state index contributed by atoms with van der Waals surface area (Å²) in [5.74, 6) is 0.0876. The summed E-state index contributed by atoms with van der Waals surface area (Å²) >= 11 is 0. The molecule has 4 atom stereocenters. The number of nitrogens with zero attached hydrogens (tertiary/aromatic N) is 2. The molecule has 2 aliphatic heterocycles. The summed E-state index contributed by atoms with van der Waals surface area (Å²) in [6.45, 7) is 3.73. The number of carboxylic acid groups (broad SMARTS) is 1. The third-order valence-corrected chi connectivity index (χ3v) is 5.52. The third kappa shape index (κ3) is 2.74. The van der Waals surface area contributed by atoms with Gasteiger partial charge in [-0.1, -0.05) is 19.8 Å². The fourth-order valence-electron chi connectivity index (χ4n) is 4.48. The Bertz CT molecular complexity index is 426. The minimum Gasteiger partial charge on any atom is -0.480 e. The second-order valence-corrected chi connectivity index (χ2v) is 7.08. The van der Waals surface area contributed by atoms with Gasteiger partial charge in [-0.15, -0.1) is 0 Å². The maximum absolute atomic E-state index is 12.9. The van der Waals surface area contributed by atoms with Gasteiger partial charge in [0, 0.05) is 19.1 Å². The molecule has 21 heavy (non-hydrogen) atoms. The summed E-state index contributed by atoms with van der Waals surface area (Å²) in [4.78, 5) is 28.1. The van der Waals surface area contributed by atoms with Crippen LogP contribution in [-0.4, -0.2) is 52.1 Å². The monoisotopic (exact) mass is 294 g/mol. The largest absolute Gasteiger partial charge is 0.480 e. The quantitative estimate of drug-likeness (QED) is 0.808. The molecule has 0 aromatic heterocycles. The Morgan fingerprint density at radius 3 is 2.57 bits per heavy atom. The van der Waals surface area contributed by atoms with E-state index in [4.69, 9.17) is 0 Å². The zero-order chi connectivity index (χ0) is 15.0. The van der Waals surface area contributed by atoms with E-state index in [1.54, 1.807) is 4.90 Å². The lowest BCUT2D eigenvalue weighted by molar-refractivity contribution is -0.141. The molecule has 3 aliphatic rings. The van der Waals surface area contributed by atoms with Crippen LogP contribution in [0.3, 0.4) is 0 Å². The molecule has 118 valence electrons. The van der Waals surface area contributed by atoms with Crippen molar-refractivity contribution in [3.05, 3.63) is 0 Å². The van der Waals surface area contributed by atoms with Crippen molar-refractivity contribution in [1.82, 2.24) is 9.80 Å². The van der Waals surface area contributed by atoms with Gasteiger partial charge in [-0.05, 0) is 43.9 Å². The Hall–Kier alpha value is -1.26. The lowest BCUT2D eigenvalue weighted by Gasteiger charge is -2.39. The van der Waals surface area contributed by atoms with Gasteiger partial charge >= 0.3 is 12.0 Å². The zero-order valence-corrected chi connectivity index (χ0v) is 12.8. The van der Waals surface area contributed by atoms with Crippen molar-refractivity contribution in [2.24, 2.45) is 11.8 Å². The van der Waals surface area contributed by atoms with Crippen LogP contribution in [0.15, 0.2) is 0 Å². The van der Waals surface area contributed by atoms with Crippen LogP contribution in [0.5, 0.6) is 0 Å². The number of carboxylic acids is 1. The number of urea groups is 1. The summed E-state index contributed by atoms with van der Waals surface area (Å²) in [5.41, 5.74) is 0. The number of piperidine rings is 1. The first-order chi connectivity index (χ1) is 10.1. The molecule has 4 unspecified atom stereocenters. The van der Waals surface area contributed by atoms with Gasteiger partial charge in [-0.2, -0.15) is 0 Å². The average Bonchev–Trinajstić information content (AvgIpc) is 2.86. The maximum Gasteiger partial charge on any atom is 0.326 e. The van der Waals surface area contributed by atoms with Crippen LogP contribution in [0.4, 0.5) is 4.79 Å². The number of likely N-dealkylation sites (tertiary alicyclic amines) is 2. The van der Waals surface area contributed by atoms with Gasteiger partial charge in [0.2, 0.25) is 0 Å². The standard InChI is InChI=1S/C16H26N2O3/c1-11-5-4-8-17(10-11)16(21)18-13-7-3-2-6-12(13)9-14(18)15(19)20/h11-14H,2-10H2,1H3,(H,19,20). The van der Waals surface area contributed by atoms with Crippen LogP contribution in [-0.2, 0) is 4.79 Å². The van der Waals surface area contributed by atoms with Crippen LogP contribution in [0.1, 0.15) is 51.9 Å². The molecule has 0 aromatic carbocycles. The highest BCUT2D eigenvalue weighted by Gasteiger charge is 2.48. The van der Waals surface area contributed by atoms with Gasteiger partial charge in [-0.25, -0.2) is 9.59 Å². The predicted molar refractivity (Wildman–Crippen MR) is 79.0 cm³/mol. The van der Waals surface area contributed by atoms with E-state index in [0.717, 1.165) is 45.2 Å². The Morgan fingerprint density at radius 2 is 1.86 bits per heavy atom. The Kier molecular flexibility index (Phi) is 4.09. The number of fused-ring (bicyclic) bond motifs is 1. The fourth-order valence-corrected chi connectivity index (χ4v) is 4.48. The highest BCUT2D eigenvalue weighted by atomic mass is 16.4. The van der Waals surface area contributed by atoms with Crippen LogP contribution in [0.25, 0.3) is 0 Å². The lowest BCUT2D eigenvalue weighted by Crippen LogP contribution is -2.54.